The summed E-state index contributed by atoms with van der Waals surface area (Å²) in [5, 5.41) is 0. The molecule has 5 heteroatoms. The van der Waals surface area contributed by atoms with Gasteiger partial charge in [0.2, 0.25) is 0 Å². The highest BCUT2D eigenvalue weighted by Crippen LogP contribution is 2.36. The van der Waals surface area contributed by atoms with Crippen LogP contribution in [0.5, 0.6) is 0 Å². The zero-order chi connectivity index (χ0) is 15.5. The van der Waals surface area contributed by atoms with Crippen molar-refractivity contribution in [1.29, 1.82) is 0 Å². The van der Waals surface area contributed by atoms with E-state index in [0.29, 0.717) is 12.0 Å². The summed E-state index contributed by atoms with van der Waals surface area (Å²) in [4.78, 5) is 2.19. The van der Waals surface area contributed by atoms with Crippen molar-refractivity contribution in [2.75, 3.05) is 14.1 Å². The summed E-state index contributed by atoms with van der Waals surface area (Å²) < 4.78 is 27.3. The zero-order valence-corrected chi connectivity index (χ0v) is 12.8. The molecule has 1 aliphatic rings. The van der Waals surface area contributed by atoms with E-state index in [1.165, 1.54) is 18.6 Å². The summed E-state index contributed by atoms with van der Waals surface area (Å²) >= 11 is 0. The van der Waals surface area contributed by atoms with Gasteiger partial charge >= 0.3 is 0 Å². The fourth-order valence-electron chi connectivity index (χ4n) is 3.60. The van der Waals surface area contributed by atoms with Crippen molar-refractivity contribution in [3.05, 3.63) is 35.4 Å². The molecule has 0 heterocycles. The van der Waals surface area contributed by atoms with Gasteiger partial charge in [0.1, 0.15) is 11.6 Å². The molecular formula is C16H25F2N3. The fraction of sp³-hybridized carbons (Fsp3) is 0.625. The van der Waals surface area contributed by atoms with E-state index in [2.05, 4.69) is 10.3 Å². The summed E-state index contributed by atoms with van der Waals surface area (Å²) in [7, 11) is 4.08. The molecule has 0 radical (unpaired) electrons. The van der Waals surface area contributed by atoms with Crippen molar-refractivity contribution < 1.29 is 8.78 Å². The van der Waals surface area contributed by atoms with E-state index in [-0.39, 0.29) is 17.4 Å². The molecule has 0 aromatic heterocycles. The minimum atomic E-state index is -0.412. The number of halogens is 2. The minimum Gasteiger partial charge on any atom is -0.302 e. The van der Waals surface area contributed by atoms with Gasteiger partial charge in [-0.2, -0.15) is 0 Å². The molecular weight excluding hydrogens is 272 g/mol. The van der Waals surface area contributed by atoms with Gasteiger partial charge in [-0.3, -0.25) is 11.3 Å². The maximum atomic E-state index is 13.9. The number of hydrazine groups is 1. The lowest BCUT2D eigenvalue weighted by atomic mass is 9.73. The summed E-state index contributed by atoms with van der Waals surface area (Å²) in [6, 6.07) is 3.49. The van der Waals surface area contributed by atoms with E-state index in [0.717, 1.165) is 31.7 Å². The van der Waals surface area contributed by atoms with Crippen LogP contribution in [-0.4, -0.2) is 30.6 Å². The molecule has 118 valence electrons. The number of likely N-dealkylation sites (N-methyl/N-ethyl adjacent to an activating group) is 1. The van der Waals surface area contributed by atoms with Gasteiger partial charge in [-0.15, -0.1) is 0 Å². The monoisotopic (exact) mass is 297 g/mol. The van der Waals surface area contributed by atoms with Gasteiger partial charge in [0.05, 0.1) is 0 Å². The van der Waals surface area contributed by atoms with Crippen molar-refractivity contribution in [2.24, 2.45) is 5.84 Å². The normalized spacial score (nSPS) is 19.7. The highest BCUT2D eigenvalue weighted by Gasteiger charge is 2.41. The standard InChI is InChI=1S/C16H25F2N3/c1-21(2)16(8-4-3-5-9-16)15(20-19)11-12-10-13(17)6-7-14(12)18/h6-7,10,15,20H,3-5,8-9,11,19H2,1-2H3. The minimum absolute atomic E-state index is 0.105. The van der Waals surface area contributed by atoms with Crippen LogP contribution >= 0.6 is 0 Å². The molecule has 0 bridgehead atoms. The molecule has 3 nitrogen and oxygen atoms in total. The van der Waals surface area contributed by atoms with Crippen LogP contribution in [0.4, 0.5) is 8.78 Å². The van der Waals surface area contributed by atoms with Gasteiger partial charge in [-0.1, -0.05) is 19.3 Å². The Morgan fingerprint density at radius 3 is 2.48 bits per heavy atom. The van der Waals surface area contributed by atoms with Gasteiger partial charge in [0.25, 0.3) is 0 Å². The molecule has 0 aliphatic heterocycles. The Morgan fingerprint density at radius 1 is 1.24 bits per heavy atom. The first-order valence-corrected chi connectivity index (χ1v) is 7.57. The number of hydrogen-bond donors (Lipinski definition) is 2. The van der Waals surface area contributed by atoms with Crippen LogP contribution in [0, 0.1) is 11.6 Å². The predicted molar refractivity (Wildman–Crippen MR) is 80.7 cm³/mol. The summed E-state index contributed by atoms with van der Waals surface area (Å²) in [6.07, 6.45) is 5.93. The quantitative estimate of drug-likeness (QED) is 0.648. The molecule has 1 aromatic rings. The first-order valence-electron chi connectivity index (χ1n) is 7.57. The average Bonchev–Trinajstić information content (AvgIpc) is 2.48. The lowest BCUT2D eigenvalue weighted by Crippen LogP contribution is -2.62. The van der Waals surface area contributed by atoms with Gasteiger partial charge in [-0.25, -0.2) is 8.78 Å². The van der Waals surface area contributed by atoms with Crippen LogP contribution in [0.2, 0.25) is 0 Å². The van der Waals surface area contributed by atoms with Crippen molar-refractivity contribution in [3.63, 3.8) is 0 Å². The molecule has 2 rings (SSSR count). The SMILES string of the molecule is CN(C)C1(C(Cc2cc(F)ccc2F)NN)CCCCC1. The van der Waals surface area contributed by atoms with E-state index in [1.807, 2.05) is 14.1 Å². The highest BCUT2D eigenvalue weighted by molar-refractivity contribution is 5.21. The second-order valence-electron chi connectivity index (χ2n) is 6.22. The average molecular weight is 297 g/mol. The molecule has 1 fully saturated rings. The van der Waals surface area contributed by atoms with Crippen LogP contribution < -0.4 is 11.3 Å². The first kappa shape index (κ1) is 16.3. The molecule has 1 unspecified atom stereocenters. The highest BCUT2D eigenvalue weighted by atomic mass is 19.1. The Bertz CT molecular complexity index is 471. The van der Waals surface area contributed by atoms with Crippen molar-refractivity contribution in [2.45, 2.75) is 50.1 Å². The lowest BCUT2D eigenvalue weighted by Gasteiger charge is -2.48. The third-order valence-electron chi connectivity index (χ3n) is 4.89. The van der Waals surface area contributed by atoms with Crippen LogP contribution in [0.25, 0.3) is 0 Å². The number of nitrogens with two attached hydrogens (primary N) is 1. The molecule has 0 saturated heterocycles. The van der Waals surface area contributed by atoms with Gasteiger partial charge < -0.3 is 4.90 Å². The van der Waals surface area contributed by atoms with Gasteiger partial charge in [0.15, 0.2) is 0 Å². The van der Waals surface area contributed by atoms with Crippen molar-refractivity contribution in [3.8, 4) is 0 Å². The van der Waals surface area contributed by atoms with Crippen molar-refractivity contribution in [1.82, 2.24) is 10.3 Å². The third kappa shape index (κ3) is 3.42. The Kier molecular flexibility index (Phi) is 5.30. The van der Waals surface area contributed by atoms with Crippen LogP contribution in [0.1, 0.15) is 37.7 Å². The predicted octanol–water partition coefficient (Wildman–Crippen LogP) is 2.60. The van der Waals surface area contributed by atoms with Crippen molar-refractivity contribution >= 4 is 0 Å². The first-order chi connectivity index (χ1) is 9.99. The number of nitrogens with zero attached hydrogens (tertiary/aromatic N) is 1. The van der Waals surface area contributed by atoms with E-state index >= 15 is 0 Å². The number of benzene rings is 1. The topological polar surface area (TPSA) is 41.3 Å². The van der Waals surface area contributed by atoms with E-state index in [9.17, 15) is 8.78 Å². The van der Waals surface area contributed by atoms with Gasteiger partial charge in [-0.05, 0) is 57.1 Å². The molecule has 3 N–H and O–H groups in total. The summed E-state index contributed by atoms with van der Waals surface area (Å²) in [5.74, 6) is 4.98. The van der Waals surface area contributed by atoms with E-state index in [1.54, 1.807) is 0 Å². The maximum Gasteiger partial charge on any atom is 0.126 e. The lowest BCUT2D eigenvalue weighted by molar-refractivity contribution is 0.0565. The maximum absolute atomic E-state index is 13.9. The molecule has 0 spiro atoms. The molecule has 1 atom stereocenters. The van der Waals surface area contributed by atoms with E-state index < -0.39 is 5.82 Å². The summed E-state index contributed by atoms with van der Waals surface area (Å²) in [6.45, 7) is 0. The van der Waals surface area contributed by atoms with Crippen LogP contribution in [0.15, 0.2) is 18.2 Å². The molecule has 1 aromatic carbocycles. The van der Waals surface area contributed by atoms with Gasteiger partial charge in [0, 0.05) is 11.6 Å². The summed E-state index contributed by atoms with van der Waals surface area (Å²) in [5.41, 5.74) is 3.13. The van der Waals surface area contributed by atoms with Crippen LogP contribution in [-0.2, 0) is 6.42 Å². The Morgan fingerprint density at radius 2 is 1.90 bits per heavy atom. The Balaban J connectivity index is 2.26. The number of rotatable bonds is 5. The van der Waals surface area contributed by atoms with E-state index in [4.69, 9.17) is 5.84 Å². The molecule has 0 amide bonds. The second-order valence-corrected chi connectivity index (χ2v) is 6.22. The Labute approximate surface area is 125 Å². The number of nitrogens with one attached hydrogen (secondary N) is 1. The number of hydrogen-bond acceptors (Lipinski definition) is 3. The molecule has 1 aliphatic carbocycles. The van der Waals surface area contributed by atoms with Crippen LogP contribution in [0.3, 0.4) is 0 Å². The second kappa shape index (κ2) is 6.81. The smallest absolute Gasteiger partial charge is 0.126 e. The largest absolute Gasteiger partial charge is 0.302 e. The third-order valence-corrected chi connectivity index (χ3v) is 4.89. The Hall–Kier alpha value is -1.04. The zero-order valence-electron chi connectivity index (χ0n) is 12.8. The fourth-order valence-corrected chi connectivity index (χ4v) is 3.60. The molecule has 1 saturated carbocycles. The molecule has 21 heavy (non-hydrogen) atoms.